The second-order valence-corrected chi connectivity index (χ2v) is 6.17. The van der Waals surface area contributed by atoms with Crippen molar-refractivity contribution in [2.75, 3.05) is 0 Å². The number of rotatable bonds is 4. The van der Waals surface area contributed by atoms with E-state index in [1.165, 1.54) is 0 Å². The second kappa shape index (κ2) is 6.81. The zero-order valence-electron chi connectivity index (χ0n) is 10.9. The molecule has 2 aromatic carbocycles. The molecule has 0 aromatic heterocycles. The van der Waals surface area contributed by atoms with Crippen LogP contribution in [0.3, 0.4) is 0 Å². The van der Waals surface area contributed by atoms with Crippen LogP contribution < -0.4 is 10.5 Å². The first-order valence-corrected chi connectivity index (χ1v) is 7.64. The highest BCUT2D eigenvalue weighted by Crippen LogP contribution is 2.30. The molecule has 1 atom stereocenters. The van der Waals surface area contributed by atoms with Crippen molar-refractivity contribution >= 4 is 39.1 Å². The molecule has 0 bridgehead atoms. The molecule has 2 N–H and O–H groups in total. The first kappa shape index (κ1) is 15.6. The smallest absolute Gasteiger partial charge is 0.124 e. The SMILES string of the molecule is C[C@H](N)c1cc(Br)ccc1OCc1cccc(Cl)c1Cl. The molecule has 0 spiro atoms. The van der Waals surface area contributed by atoms with Gasteiger partial charge < -0.3 is 10.5 Å². The Morgan fingerprint density at radius 2 is 2.00 bits per heavy atom. The quantitative estimate of drug-likeness (QED) is 0.782. The minimum absolute atomic E-state index is 0.114. The molecule has 106 valence electrons. The molecule has 0 aliphatic carbocycles. The summed E-state index contributed by atoms with van der Waals surface area (Å²) >= 11 is 15.6. The fourth-order valence-corrected chi connectivity index (χ4v) is 2.58. The minimum Gasteiger partial charge on any atom is -0.489 e. The van der Waals surface area contributed by atoms with Crippen molar-refractivity contribution in [2.24, 2.45) is 5.73 Å². The van der Waals surface area contributed by atoms with E-state index < -0.39 is 0 Å². The molecule has 0 amide bonds. The highest BCUT2D eigenvalue weighted by molar-refractivity contribution is 9.10. The molecule has 0 fully saturated rings. The Bertz CT molecular complexity index is 617. The lowest BCUT2D eigenvalue weighted by Gasteiger charge is -2.15. The van der Waals surface area contributed by atoms with Crippen molar-refractivity contribution < 1.29 is 4.74 Å². The van der Waals surface area contributed by atoms with Crippen LogP contribution in [0.15, 0.2) is 40.9 Å². The molecule has 2 aromatic rings. The van der Waals surface area contributed by atoms with Crippen LogP contribution in [0.5, 0.6) is 5.75 Å². The van der Waals surface area contributed by atoms with Gasteiger partial charge in [0.15, 0.2) is 0 Å². The summed E-state index contributed by atoms with van der Waals surface area (Å²) in [5.74, 6) is 0.749. The van der Waals surface area contributed by atoms with Crippen LogP contribution in [-0.4, -0.2) is 0 Å². The molecule has 0 saturated carbocycles. The van der Waals surface area contributed by atoms with E-state index in [-0.39, 0.29) is 6.04 Å². The third-order valence-electron chi connectivity index (χ3n) is 2.88. The maximum Gasteiger partial charge on any atom is 0.124 e. The van der Waals surface area contributed by atoms with Gasteiger partial charge in [-0.2, -0.15) is 0 Å². The van der Waals surface area contributed by atoms with Gasteiger partial charge in [0.1, 0.15) is 12.4 Å². The van der Waals surface area contributed by atoms with Gasteiger partial charge in [0.05, 0.1) is 10.0 Å². The van der Waals surface area contributed by atoms with Crippen LogP contribution in [0, 0.1) is 0 Å². The average molecular weight is 375 g/mol. The fourth-order valence-electron chi connectivity index (χ4n) is 1.82. The molecule has 0 saturated heterocycles. The Labute approximate surface area is 137 Å². The predicted octanol–water partition coefficient (Wildman–Crippen LogP) is 5.35. The molecular formula is C15H14BrCl2NO. The van der Waals surface area contributed by atoms with Gasteiger partial charge in [-0.25, -0.2) is 0 Å². The van der Waals surface area contributed by atoms with Gasteiger partial charge in [0.2, 0.25) is 0 Å². The number of ether oxygens (including phenoxy) is 1. The average Bonchev–Trinajstić information content (AvgIpc) is 2.41. The van der Waals surface area contributed by atoms with E-state index in [9.17, 15) is 0 Å². The molecule has 0 aliphatic heterocycles. The molecule has 5 heteroatoms. The maximum atomic E-state index is 6.14. The van der Waals surface area contributed by atoms with E-state index in [4.69, 9.17) is 33.7 Å². The molecule has 20 heavy (non-hydrogen) atoms. The van der Waals surface area contributed by atoms with Crippen LogP contribution in [0.4, 0.5) is 0 Å². The summed E-state index contributed by atoms with van der Waals surface area (Å²) in [7, 11) is 0. The van der Waals surface area contributed by atoms with Crippen LogP contribution in [0.2, 0.25) is 10.0 Å². The monoisotopic (exact) mass is 373 g/mol. The Morgan fingerprint density at radius 1 is 1.25 bits per heavy atom. The molecule has 0 aliphatic rings. The summed E-state index contributed by atoms with van der Waals surface area (Å²) < 4.78 is 6.80. The number of hydrogen-bond donors (Lipinski definition) is 1. The van der Waals surface area contributed by atoms with Gasteiger partial charge in [0.25, 0.3) is 0 Å². The van der Waals surface area contributed by atoms with Crippen LogP contribution in [0.25, 0.3) is 0 Å². The van der Waals surface area contributed by atoms with Gasteiger partial charge in [0, 0.05) is 21.6 Å². The normalized spacial score (nSPS) is 12.2. The van der Waals surface area contributed by atoms with Crippen molar-refractivity contribution in [1.29, 1.82) is 0 Å². The zero-order valence-corrected chi connectivity index (χ0v) is 14.0. The number of halogens is 3. The summed E-state index contributed by atoms with van der Waals surface area (Å²) in [5.41, 5.74) is 7.75. The van der Waals surface area contributed by atoms with Crippen LogP contribution >= 0.6 is 39.1 Å². The third kappa shape index (κ3) is 3.67. The maximum absolute atomic E-state index is 6.14. The van der Waals surface area contributed by atoms with Gasteiger partial charge in [-0.05, 0) is 31.2 Å². The summed E-state index contributed by atoms with van der Waals surface area (Å²) in [6, 6.07) is 11.1. The molecule has 0 heterocycles. The zero-order chi connectivity index (χ0) is 14.7. The minimum atomic E-state index is -0.114. The molecular weight excluding hydrogens is 361 g/mol. The highest BCUT2D eigenvalue weighted by Gasteiger charge is 2.10. The van der Waals surface area contributed by atoms with E-state index in [1.54, 1.807) is 6.07 Å². The Morgan fingerprint density at radius 3 is 2.70 bits per heavy atom. The number of benzene rings is 2. The van der Waals surface area contributed by atoms with Gasteiger partial charge in [-0.1, -0.05) is 51.3 Å². The van der Waals surface area contributed by atoms with Crippen LogP contribution in [-0.2, 0) is 6.61 Å². The van der Waals surface area contributed by atoms with Crippen LogP contribution in [0.1, 0.15) is 24.1 Å². The number of nitrogens with two attached hydrogens (primary N) is 1. The Hall–Kier alpha value is -0.740. The first-order valence-electron chi connectivity index (χ1n) is 6.09. The molecule has 0 unspecified atom stereocenters. The van der Waals surface area contributed by atoms with Crippen molar-refractivity contribution in [2.45, 2.75) is 19.6 Å². The Balaban J connectivity index is 2.21. The van der Waals surface area contributed by atoms with E-state index >= 15 is 0 Å². The van der Waals surface area contributed by atoms with E-state index in [1.807, 2.05) is 37.3 Å². The van der Waals surface area contributed by atoms with E-state index in [2.05, 4.69) is 15.9 Å². The number of hydrogen-bond acceptors (Lipinski definition) is 2. The standard InChI is InChI=1S/C15H14BrCl2NO/c1-9(19)12-7-11(16)5-6-14(12)20-8-10-3-2-4-13(17)15(10)18/h2-7,9H,8,19H2,1H3/t9-/m0/s1. The van der Waals surface area contributed by atoms with Crippen molar-refractivity contribution in [3.63, 3.8) is 0 Å². The van der Waals surface area contributed by atoms with Crippen molar-refractivity contribution in [3.05, 3.63) is 62.0 Å². The van der Waals surface area contributed by atoms with E-state index in [0.29, 0.717) is 16.7 Å². The second-order valence-electron chi connectivity index (χ2n) is 4.47. The summed E-state index contributed by atoms with van der Waals surface area (Å²) in [6.07, 6.45) is 0. The molecule has 2 rings (SSSR count). The van der Waals surface area contributed by atoms with Crippen molar-refractivity contribution in [3.8, 4) is 5.75 Å². The lowest BCUT2D eigenvalue weighted by atomic mass is 10.1. The lowest BCUT2D eigenvalue weighted by Crippen LogP contribution is -2.08. The largest absolute Gasteiger partial charge is 0.489 e. The lowest BCUT2D eigenvalue weighted by molar-refractivity contribution is 0.301. The predicted molar refractivity (Wildman–Crippen MR) is 87.5 cm³/mol. The van der Waals surface area contributed by atoms with Gasteiger partial charge in [-0.3, -0.25) is 0 Å². The fraction of sp³-hybridized carbons (Fsp3) is 0.200. The van der Waals surface area contributed by atoms with Gasteiger partial charge in [-0.15, -0.1) is 0 Å². The summed E-state index contributed by atoms with van der Waals surface area (Å²) in [4.78, 5) is 0. The molecule has 0 radical (unpaired) electrons. The Kier molecular flexibility index (Phi) is 5.33. The van der Waals surface area contributed by atoms with Crippen molar-refractivity contribution in [1.82, 2.24) is 0 Å². The molecule has 2 nitrogen and oxygen atoms in total. The van der Waals surface area contributed by atoms with Gasteiger partial charge >= 0.3 is 0 Å². The first-order chi connectivity index (χ1) is 9.49. The third-order valence-corrected chi connectivity index (χ3v) is 4.23. The summed E-state index contributed by atoms with van der Waals surface area (Å²) in [5, 5.41) is 1.05. The summed E-state index contributed by atoms with van der Waals surface area (Å²) in [6.45, 7) is 2.27. The topological polar surface area (TPSA) is 35.2 Å². The van der Waals surface area contributed by atoms with E-state index in [0.717, 1.165) is 21.3 Å². The highest BCUT2D eigenvalue weighted by atomic mass is 79.9.